The maximum absolute atomic E-state index is 5.40. The summed E-state index contributed by atoms with van der Waals surface area (Å²) in [6.45, 7) is 4.99. The molecule has 0 radical (unpaired) electrons. The van der Waals surface area contributed by atoms with Crippen LogP contribution in [-0.4, -0.2) is 16.5 Å². The summed E-state index contributed by atoms with van der Waals surface area (Å²) in [5.41, 5.74) is 6.60. The normalized spacial score (nSPS) is 10.8. The third-order valence-electron chi connectivity index (χ3n) is 1.77. The van der Waals surface area contributed by atoms with Crippen molar-refractivity contribution in [3.63, 3.8) is 0 Å². The Bertz CT molecular complexity index is 241. The summed E-state index contributed by atoms with van der Waals surface area (Å²) >= 11 is 0. The predicted octanol–water partition coefficient (Wildman–Crippen LogP) is 1.18. The molecule has 1 aromatic rings. The van der Waals surface area contributed by atoms with E-state index < -0.39 is 0 Å². The molecule has 0 amide bonds. The van der Waals surface area contributed by atoms with Gasteiger partial charge in [0, 0.05) is 18.8 Å². The van der Waals surface area contributed by atoms with Gasteiger partial charge >= 0.3 is 0 Å². The van der Waals surface area contributed by atoms with E-state index in [0.717, 1.165) is 18.7 Å². The zero-order valence-electron chi connectivity index (χ0n) is 8.33. The van der Waals surface area contributed by atoms with Crippen molar-refractivity contribution in [3.8, 4) is 0 Å². The van der Waals surface area contributed by atoms with E-state index in [1.807, 2.05) is 12.4 Å². The highest BCUT2D eigenvalue weighted by Gasteiger charge is 1.99. The van der Waals surface area contributed by atoms with Crippen molar-refractivity contribution in [1.29, 1.82) is 0 Å². The van der Waals surface area contributed by atoms with Crippen LogP contribution in [0.3, 0.4) is 0 Å². The van der Waals surface area contributed by atoms with Crippen LogP contribution in [0.4, 0.5) is 0 Å². The average Bonchev–Trinajstić information content (AvgIpc) is 2.08. The van der Waals surface area contributed by atoms with Crippen LogP contribution in [0, 0.1) is 5.92 Å². The van der Waals surface area contributed by atoms with E-state index in [-0.39, 0.29) is 0 Å². The van der Waals surface area contributed by atoms with Crippen LogP contribution in [0.5, 0.6) is 0 Å². The molecule has 0 aliphatic carbocycles. The van der Waals surface area contributed by atoms with Gasteiger partial charge in [-0.15, -0.1) is 0 Å². The smallest absolute Gasteiger partial charge is 0.129 e. The molecule has 1 heterocycles. The molecule has 0 aliphatic heterocycles. The van der Waals surface area contributed by atoms with E-state index in [4.69, 9.17) is 5.73 Å². The van der Waals surface area contributed by atoms with Crippen LogP contribution in [0.25, 0.3) is 0 Å². The highest BCUT2D eigenvalue weighted by atomic mass is 14.9. The molecule has 0 unspecified atom stereocenters. The summed E-state index contributed by atoms with van der Waals surface area (Å²) < 4.78 is 0. The molecule has 3 nitrogen and oxygen atoms in total. The molecule has 3 heteroatoms. The summed E-state index contributed by atoms with van der Waals surface area (Å²) in [6, 6.07) is 0. The summed E-state index contributed by atoms with van der Waals surface area (Å²) in [5.74, 6) is 1.50. The molecule has 0 saturated heterocycles. The maximum Gasteiger partial charge on any atom is 0.129 e. The molecule has 0 spiro atoms. The minimum Gasteiger partial charge on any atom is -0.330 e. The van der Waals surface area contributed by atoms with Crippen LogP contribution < -0.4 is 5.73 Å². The Labute approximate surface area is 79.4 Å². The highest BCUT2D eigenvalue weighted by Crippen LogP contribution is 2.05. The van der Waals surface area contributed by atoms with Gasteiger partial charge in [0.25, 0.3) is 0 Å². The van der Waals surface area contributed by atoms with Gasteiger partial charge in [0.1, 0.15) is 5.82 Å². The Balaban J connectivity index is 2.59. The van der Waals surface area contributed by atoms with Crippen LogP contribution >= 0.6 is 0 Å². The molecule has 0 aromatic carbocycles. The second-order valence-corrected chi connectivity index (χ2v) is 3.64. The lowest BCUT2D eigenvalue weighted by atomic mass is 10.1. The topological polar surface area (TPSA) is 51.8 Å². The fourth-order valence-corrected chi connectivity index (χ4v) is 1.22. The molecule has 2 N–H and O–H groups in total. The Morgan fingerprint density at radius 2 is 1.92 bits per heavy atom. The van der Waals surface area contributed by atoms with Crippen LogP contribution in [-0.2, 0) is 12.8 Å². The van der Waals surface area contributed by atoms with Gasteiger partial charge < -0.3 is 5.73 Å². The second-order valence-electron chi connectivity index (χ2n) is 3.64. The van der Waals surface area contributed by atoms with Crippen molar-refractivity contribution in [1.82, 2.24) is 9.97 Å². The number of nitrogens with zero attached hydrogens (tertiary/aromatic N) is 2. The van der Waals surface area contributed by atoms with E-state index in [9.17, 15) is 0 Å². The zero-order chi connectivity index (χ0) is 9.68. The molecule has 13 heavy (non-hydrogen) atoms. The van der Waals surface area contributed by atoms with Crippen molar-refractivity contribution >= 4 is 0 Å². The zero-order valence-corrected chi connectivity index (χ0v) is 8.33. The van der Waals surface area contributed by atoms with Crippen molar-refractivity contribution in [2.45, 2.75) is 26.7 Å². The first kappa shape index (κ1) is 10.1. The SMILES string of the molecule is CC(C)Cc1cnc(CCN)nc1. The predicted molar refractivity (Wildman–Crippen MR) is 53.3 cm³/mol. The Kier molecular flexibility index (Phi) is 3.83. The first-order valence-corrected chi connectivity index (χ1v) is 4.72. The monoisotopic (exact) mass is 179 g/mol. The van der Waals surface area contributed by atoms with E-state index in [1.165, 1.54) is 5.56 Å². The summed E-state index contributed by atoms with van der Waals surface area (Å²) in [6.07, 6.45) is 5.61. The van der Waals surface area contributed by atoms with Crippen LogP contribution in [0.2, 0.25) is 0 Å². The molecule has 0 saturated carbocycles. The van der Waals surface area contributed by atoms with Gasteiger partial charge in [-0.3, -0.25) is 0 Å². The molecule has 72 valence electrons. The van der Waals surface area contributed by atoms with Crippen molar-refractivity contribution in [3.05, 3.63) is 23.8 Å². The fraction of sp³-hybridized carbons (Fsp3) is 0.600. The molecule has 1 aromatic heterocycles. The molecule has 0 fully saturated rings. The van der Waals surface area contributed by atoms with E-state index in [0.29, 0.717) is 12.5 Å². The minimum atomic E-state index is 0.615. The van der Waals surface area contributed by atoms with E-state index in [2.05, 4.69) is 23.8 Å². The van der Waals surface area contributed by atoms with Crippen molar-refractivity contribution < 1.29 is 0 Å². The number of nitrogens with two attached hydrogens (primary N) is 1. The van der Waals surface area contributed by atoms with Crippen LogP contribution in [0.15, 0.2) is 12.4 Å². The van der Waals surface area contributed by atoms with Gasteiger partial charge in [0.15, 0.2) is 0 Å². The van der Waals surface area contributed by atoms with Crippen LogP contribution in [0.1, 0.15) is 25.2 Å². The lowest BCUT2D eigenvalue weighted by Gasteiger charge is -2.04. The quantitative estimate of drug-likeness (QED) is 0.755. The third-order valence-corrected chi connectivity index (χ3v) is 1.77. The van der Waals surface area contributed by atoms with Gasteiger partial charge in [-0.25, -0.2) is 9.97 Å². The molecule has 0 atom stereocenters. The van der Waals surface area contributed by atoms with Crippen molar-refractivity contribution in [2.24, 2.45) is 11.7 Å². The maximum atomic E-state index is 5.40. The van der Waals surface area contributed by atoms with Gasteiger partial charge in [0.2, 0.25) is 0 Å². The minimum absolute atomic E-state index is 0.615. The Morgan fingerprint density at radius 3 is 2.38 bits per heavy atom. The van der Waals surface area contributed by atoms with Crippen molar-refractivity contribution in [2.75, 3.05) is 6.54 Å². The average molecular weight is 179 g/mol. The lowest BCUT2D eigenvalue weighted by Crippen LogP contribution is -2.07. The molecule has 0 aliphatic rings. The standard InChI is InChI=1S/C10H17N3/c1-8(2)5-9-6-12-10(3-4-11)13-7-9/h6-8H,3-5,11H2,1-2H3. The molecular formula is C10H17N3. The summed E-state index contributed by atoms with van der Waals surface area (Å²) in [7, 11) is 0. The highest BCUT2D eigenvalue weighted by molar-refractivity contribution is 5.05. The summed E-state index contributed by atoms with van der Waals surface area (Å²) in [5, 5.41) is 0. The first-order chi connectivity index (χ1) is 6.22. The first-order valence-electron chi connectivity index (χ1n) is 4.72. The van der Waals surface area contributed by atoms with Gasteiger partial charge in [0.05, 0.1) is 0 Å². The van der Waals surface area contributed by atoms with Gasteiger partial charge in [-0.1, -0.05) is 13.8 Å². The fourth-order valence-electron chi connectivity index (χ4n) is 1.22. The summed E-state index contributed by atoms with van der Waals surface area (Å²) in [4.78, 5) is 8.46. The third kappa shape index (κ3) is 3.51. The number of hydrogen-bond donors (Lipinski definition) is 1. The van der Waals surface area contributed by atoms with E-state index >= 15 is 0 Å². The lowest BCUT2D eigenvalue weighted by molar-refractivity contribution is 0.641. The Hall–Kier alpha value is -0.960. The Morgan fingerprint density at radius 1 is 1.31 bits per heavy atom. The van der Waals surface area contributed by atoms with E-state index in [1.54, 1.807) is 0 Å². The number of rotatable bonds is 4. The largest absolute Gasteiger partial charge is 0.330 e. The van der Waals surface area contributed by atoms with Gasteiger partial charge in [-0.2, -0.15) is 0 Å². The molecule has 1 rings (SSSR count). The van der Waals surface area contributed by atoms with Gasteiger partial charge in [-0.05, 0) is 24.4 Å². The number of aromatic nitrogens is 2. The molecule has 0 bridgehead atoms. The molecular weight excluding hydrogens is 162 g/mol. The second kappa shape index (κ2) is 4.92. The number of hydrogen-bond acceptors (Lipinski definition) is 3.